The summed E-state index contributed by atoms with van der Waals surface area (Å²) in [6, 6.07) is 50.7. The highest BCUT2D eigenvalue weighted by Crippen LogP contribution is 2.46. The van der Waals surface area contributed by atoms with Crippen molar-refractivity contribution >= 4 is 44.6 Å². The number of nitrogens with zero attached hydrogens (tertiary/aromatic N) is 4. The number of ether oxygens (including phenoxy) is 1. The molecule has 50 heavy (non-hydrogen) atoms. The molecular formula is C44H33FN4O. The van der Waals surface area contributed by atoms with Crippen LogP contribution in [0.2, 0.25) is 0 Å². The van der Waals surface area contributed by atoms with Crippen molar-refractivity contribution in [2.24, 2.45) is 0 Å². The summed E-state index contributed by atoms with van der Waals surface area (Å²) in [6.07, 6.45) is 2.82. The number of benzene rings is 6. The van der Waals surface area contributed by atoms with E-state index in [9.17, 15) is 4.39 Å². The molecule has 8 aromatic rings. The van der Waals surface area contributed by atoms with Gasteiger partial charge in [-0.3, -0.25) is 4.57 Å². The van der Waals surface area contributed by atoms with E-state index in [1.807, 2.05) is 48.7 Å². The van der Waals surface area contributed by atoms with Gasteiger partial charge in [-0.2, -0.15) is 0 Å². The Balaban J connectivity index is 1.16. The Hall–Kier alpha value is -6.40. The summed E-state index contributed by atoms with van der Waals surface area (Å²) in [5, 5.41) is 2.31. The van der Waals surface area contributed by atoms with Crippen molar-refractivity contribution in [3.05, 3.63) is 169 Å². The van der Waals surface area contributed by atoms with Gasteiger partial charge in [0.15, 0.2) is 0 Å². The van der Waals surface area contributed by atoms with Gasteiger partial charge in [-0.1, -0.05) is 73.7 Å². The van der Waals surface area contributed by atoms with Crippen LogP contribution in [-0.4, -0.2) is 16.2 Å². The minimum Gasteiger partial charge on any atom is -0.457 e. The molecular weight excluding hydrogens is 620 g/mol. The van der Waals surface area contributed by atoms with Crippen molar-refractivity contribution < 1.29 is 9.13 Å². The van der Waals surface area contributed by atoms with Gasteiger partial charge in [0, 0.05) is 40.5 Å². The molecule has 0 amide bonds. The Kier molecular flexibility index (Phi) is 7.28. The lowest BCUT2D eigenvalue weighted by Crippen LogP contribution is -2.24. The minimum atomic E-state index is -0.259. The van der Waals surface area contributed by atoms with Gasteiger partial charge in [0.25, 0.3) is 0 Å². The molecule has 0 saturated heterocycles. The fraction of sp³-hybridized carbons (Fsp3) is 0.0682. The molecule has 0 radical (unpaired) electrons. The predicted molar refractivity (Wildman–Crippen MR) is 202 cm³/mol. The second-order valence-corrected chi connectivity index (χ2v) is 12.6. The molecule has 0 unspecified atom stereocenters. The molecule has 1 aliphatic heterocycles. The van der Waals surface area contributed by atoms with E-state index in [1.54, 1.807) is 12.1 Å². The van der Waals surface area contributed by atoms with Gasteiger partial charge in [-0.25, -0.2) is 9.37 Å². The average molecular weight is 653 g/mol. The third-order valence-electron chi connectivity index (χ3n) is 9.50. The molecule has 1 aliphatic rings. The molecule has 0 N–H and O–H groups in total. The molecule has 0 bridgehead atoms. The first kappa shape index (κ1) is 29.7. The Morgan fingerprint density at radius 2 is 1.36 bits per heavy atom. The third-order valence-corrected chi connectivity index (χ3v) is 9.50. The van der Waals surface area contributed by atoms with Crippen molar-refractivity contribution in [1.29, 1.82) is 0 Å². The maximum absolute atomic E-state index is 14.4. The molecule has 0 saturated carbocycles. The Labute approximate surface area is 290 Å². The molecule has 0 spiro atoms. The second kappa shape index (κ2) is 12.2. The van der Waals surface area contributed by atoms with Gasteiger partial charge in [0.2, 0.25) is 0 Å². The highest BCUT2D eigenvalue weighted by molar-refractivity contribution is 6.09. The van der Waals surface area contributed by atoms with Crippen molar-refractivity contribution in [2.75, 3.05) is 16.5 Å². The number of halogens is 1. The van der Waals surface area contributed by atoms with Crippen LogP contribution in [0.1, 0.15) is 12.5 Å². The SMILES string of the molecule is CCc1ccnc(-n2c3ccccc3c3ccc(Oc4cc(-c5ccccc5)cc(N5CN(c6cccc(F)c6)c6ccccc65)c4)cc32)c1. The number of fused-ring (bicyclic) bond motifs is 4. The fourth-order valence-electron chi connectivity index (χ4n) is 7.09. The van der Waals surface area contributed by atoms with Gasteiger partial charge >= 0.3 is 0 Å². The van der Waals surface area contributed by atoms with Crippen LogP contribution in [0.25, 0.3) is 38.8 Å². The van der Waals surface area contributed by atoms with E-state index in [-0.39, 0.29) is 5.82 Å². The van der Waals surface area contributed by atoms with E-state index in [4.69, 9.17) is 9.72 Å². The zero-order chi connectivity index (χ0) is 33.6. The first-order valence-electron chi connectivity index (χ1n) is 16.9. The van der Waals surface area contributed by atoms with Crippen molar-refractivity contribution in [3.8, 4) is 28.4 Å². The van der Waals surface area contributed by atoms with Gasteiger partial charge in [-0.05, 0) is 95.9 Å². The number of aryl methyl sites for hydroxylation is 1. The summed E-state index contributed by atoms with van der Waals surface area (Å²) in [7, 11) is 0. The van der Waals surface area contributed by atoms with Crippen molar-refractivity contribution in [1.82, 2.24) is 9.55 Å². The maximum atomic E-state index is 14.4. The number of anilines is 4. The molecule has 0 fully saturated rings. The quantitative estimate of drug-likeness (QED) is 0.172. The molecule has 6 aromatic carbocycles. The molecule has 0 atom stereocenters. The van der Waals surface area contributed by atoms with E-state index in [1.165, 1.54) is 17.0 Å². The van der Waals surface area contributed by atoms with Crippen LogP contribution in [0.15, 0.2) is 158 Å². The number of hydrogen-bond donors (Lipinski definition) is 0. The van der Waals surface area contributed by atoms with Gasteiger partial charge in [-0.15, -0.1) is 0 Å². The van der Waals surface area contributed by atoms with Crippen LogP contribution in [0.5, 0.6) is 11.5 Å². The topological polar surface area (TPSA) is 33.5 Å². The number of hydrogen-bond acceptors (Lipinski definition) is 4. The number of rotatable bonds is 7. The summed E-state index contributed by atoms with van der Waals surface area (Å²) in [5.74, 6) is 2.07. The monoisotopic (exact) mass is 652 g/mol. The zero-order valence-corrected chi connectivity index (χ0v) is 27.5. The third kappa shape index (κ3) is 5.22. The van der Waals surface area contributed by atoms with Crippen molar-refractivity contribution in [3.63, 3.8) is 0 Å². The fourth-order valence-corrected chi connectivity index (χ4v) is 7.09. The van der Waals surface area contributed by atoms with Gasteiger partial charge in [0.1, 0.15) is 29.8 Å². The lowest BCUT2D eigenvalue weighted by atomic mass is 10.0. The number of aromatic nitrogens is 2. The van der Waals surface area contributed by atoms with Crippen LogP contribution in [-0.2, 0) is 6.42 Å². The lowest BCUT2D eigenvalue weighted by Gasteiger charge is -2.23. The first-order valence-corrected chi connectivity index (χ1v) is 16.9. The van der Waals surface area contributed by atoms with Crippen LogP contribution >= 0.6 is 0 Å². The summed E-state index contributed by atoms with van der Waals surface area (Å²) >= 11 is 0. The Bertz CT molecular complexity index is 2530. The zero-order valence-electron chi connectivity index (χ0n) is 27.5. The summed E-state index contributed by atoms with van der Waals surface area (Å²) in [5.41, 5.74) is 9.33. The highest BCUT2D eigenvalue weighted by atomic mass is 19.1. The smallest absolute Gasteiger partial charge is 0.137 e. The maximum Gasteiger partial charge on any atom is 0.137 e. The van der Waals surface area contributed by atoms with Crippen LogP contribution in [0.3, 0.4) is 0 Å². The van der Waals surface area contributed by atoms with E-state index < -0.39 is 0 Å². The summed E-state index contributed by atoms with van der Waals surface area (Å²) < 4.78 is 23.4. The van der Waals surface area contributed by atoms with Crippen molar-refractivity contribution in [2.45, 2.75) is 13.3 Å². The van der Waals surface area contributed by atoms with E-state index in [2.05, 4.69) is 112 Å². The molecule has 2 aromatic heterocycles. The average Bonchev–Trinajstić information content (AvgIpc) is 3.71. The number of para-hydroxylation sites is 3. The molecule has 6 heteroatoms. The van der Waals surface area contributed by atoms with Crippen LogP contribution in [0.4, 0.5) is 27.1 Å². The molecule has 0 aliphatic carbocycles. The number of pyridine rings is 1. The standard InChI is InChI=1S/C44H33FN4O/c1-2-30-21-22-46-44(23-30)49-40-16-7-6-15-38(40)39-20-19-36(28-43(39)49)50-37-25-32(31-11-4-3-5-12-31)24-35(27-37)48-29-47(34-14-10-13-33(45)26-34)41-17-8-9-18-42(41)48/h3-28H,2,29H2,1H3. The van der Waals surface area contributed by atoms with E-state index in [0.717, 1.165) is 74.0 Å². The Morgan fingerprint density at radius 1 is 0.600 bits per heavy atom. The Morgan fingerprint density at radius 3 is 2.18 bits per heavy atom. The first-order chi connectivity index (χ1) is 24.6. The molecule has 3 heterocycles. The minimum absolute atomic E-state index is 0.259. The van der Waals surface area contributed by atoms with E-state index >= 15 is 0 Å². The second-order valence-electron chi connectivity index (χ2n) is 12.6. The normalized spacial score (nSPS) is 12.5. The molecule has 9 rings (SSSR count). The van der Waals surface area contributed by atoms with Crippen LogP contribution < -0.4 is 14.5 Å². The largest absolute Gasteiger partial charge is 0.457 e. The van der Waals surface area contributed by atoms with Crippen LogP contribution in [0, 0.1) is 5.82 Å². The van der Waals surface area contributed by atoms with Gasteiger partial charge in [0.05, 0.1) is 22.4 Å². The molecule has 242 valence electrons. The highest BCUT2D eigenvalue weighted by Gasteiger charge is 2.28. The predicted octanol–water partition coefficient (Wildman–Crippen LogP) is 11.6. The summed E-state index contributed by atoms with van der Waals surface area (Å²) in [4.78, 5) is 9.19. The van der Waals surface area contributed by atoms with E-state index in [0.29, 0.717) is 6.67 Å². The molecule has 5 nitrogen and oxygen atoms in total. The lowest BCUT2D eigenvalue weighted by molar-refractivity contribution is 0.483. The van der Waals surface area contributed by atoms with Gasteiger partial charge < -0.3 is 14.5 Å². The summed E-state index contributed by atoms with van der Waals surface area (Å²) in [6.45, 7) is 2.69.